The Kier molecular flexibility index (Phi) is 5.66. The average Bonchev–Trinajstić information content (AvgIpc) is 2.33. The Bertz CT molecular complexity index is 360. The number of aliphatic hydroxyl groups is 1. The smallest absolute Gasteiger partial charge is 0.388 e. The molecular weight excluding hydrogens is 241 g/mol. The number of hydrogen-bond acceptors (Lipinski definition) is 1. The Morgan fingerprint density at radius 3 is 2.50 bits per heavy atom. The number of unbranched alkanes of at least 4 members (excludes halogenated alkanes) is 3. The Morgan fingerprint density at radius 2 is 1.89 bits per heavy atom. The van der Waals surface area contributed by atoms with Crippen molar-refractivity contribution < 1.29 is 18.3 Å². The number of benzene rings is 1. The van der Waals surface area contributed by atoms with Gasteiger partial charge in [0.2, 0.25) is 0 Å². The number of alkyl halides is 3. The maximum Gasteiger partial charge on any atom is 0.416 e. The number of rotatable bonds is 6. The fourth-order valence-corrected chi connectivity index (χ4v) is 1.85. The van der Waals surface area contributed by atoms with Crippen LogP contribution in [0, 0.1) is 0 Å². The van der Waals surface area contributed by atoms with Gasteiger partial charge in [-0.2, -0.15) is 13.2 Å². The summed E-state index contributed by atoms with van der Waals surface area (Å²) in [4.78, 5) is 0. The zero-order valence-corrected chi connectivity index (χ0v) is 10.5. The van der Waals surface area contributed by atoms with Crippen molar-refractivity contribution in [1.82, 2.24) is 0 Å². The van der Waals surface area contributed by atoms with Gasteiger partial charge in [0.1, 0.15) is 0 Å². The first-order chi connectivity index (χ1) is 8.45. The molecule has 0 aromatic heterocycles. The first-order valence-electron chi connectivity index (χ1n) is 6.30. The lowest BCUT2D eigenvalue weighted by Crippen LogP contribution is -2.06. The van der Waals surface area contributed by atoms with E-state index in [1.165, 1.54) is 6.07 Å². The summed E-state index contributed by atoms with van der Waals surface area (Å²) in [6, 6.07) is 4.94. The molecule has 4 heteroatoms. The second-order valence-corrected chi connectivity index (χ2v) is 4.49. The van der Waals surface area contributed by atoms with Crippen LogP contribution in [0.5, 0.6) is 0 Å². The van der Waals surface area contributed by atoms with E-state index >= 15 is 0 Å². The van der Waals surface area contributed by atoms with Crippen LogP contribution >= 0.6 is 0 Å². The third-order valence-corrected chi connectivity index (χ3v) is 2.93. The highest BCUT2D eigenvalue weighted by molar-refractivity contribution is 5.27. The van der Waals surface area contributed by atoms with Crippen LogP contribution in [-0.4, -0.2) is 5.11 Å². The maximum absolute atomic E-state index is 12.5. The average molecular weight is 260 g/mol. The Hall–Kier alpha value is -1.03. The van der Waals surface area contributed by atoms with Gasteiger partial charge < -0.3 is 5.11 Å². The standard InChI is InChI=1S/C14H19F3O/c1-2-3-4-5-9-13(18)11-7-6-8-12(10-11)14(15,16)17/h6-8,10,13,18H,2-5,9H2,1H3. The van der Waals surface area contributed by atoms with Gasteiger partial charge in [-0.25, -0.2) is 0 Å². The Balaban J connectivity index is 2.60. The molecule has 0 fully saturated rings. The predicted molar refractivity (Wildman–Crippen MR) is 65.2 cm³/mol. The summed E-state index contributed by atoms with van der Waals surface area (Å²) in [7, 11) is 0. The van der Waals surface area contributed by atoms with Gasteiger partial charge in [-0.1, -0.05) is 44.7 Å². The topological polar surface area (TPSA) is 20.2 Å². The highest BCUT2D eigenvalue weighted by Gasteiger charge is 2.30. The monoisotopic (exact) mass is 260 g/mol. The van der Waals surface area contributed by atoms with Crippen molar-refractivity contribution >= 4 is 0 Å². The molecule has 0 amide bonds. The number of hydrogen-bond donors (Lipinski definition) is 1. The van der Waals surface area contributed by atoms with Crippen molar-refractivity contribution in [2.45, 2.75) is 51.3 Å². The highest BCUT2D eigenvalue weighted by atomic mass is 19.4. The van der Waals surface area contributed by atoms with E-state index in [0.29, 0.717) is 12.0 Å². The summed E-state index contributed by atoms with van der Waals surface area (Å²) in [5.41, 5.74) is -0.353. The van der Waals surface area contributed by atoms with Crippen LogP contribution in [0.2, 0.25) is 0 Å². The van der Waals surface area contributed by atoms with Crippen LogP contribution < -0.4 is 0 Å². The third-order valence-electron chi connectivity index (χ3n) is 2.93. The van der Waals surface area contributed by atoms with E-state index in [0.717, 1.165) is 37.8 Å². The molecule has 1 aromatic carbocycles. The summed E-state index contributed by atoms with van der Waals surface area (Å²) in [5.74, 6) is 0. The normalized spacial score (nSPS) is 13.6. The van der Waals surface area contributed by atoms with E-state index in [1.807, 2.05) is 0 Å². The molecule has 1 nitrogen and oxygen atoms in total. The second kappa shape index (κ2) is 6.78. The van der Waals surface area contributed by atoms with Gasteiger partial charge in [0.25, 0.3) is 0 Å². The van der Waals surface area contributed by atoms with E-state index in [-0.39, 0.29) is 0 Å². The fraction of sp³-hybridized carbons (Fsp3) is 0.571. The molecule has 0 aliphatic carbocycles. The van der Waals surface area contributed by atoms with Crippen molar-refractivity contribution in [3.63, 3.8) is 0 Å². The molecule has 0 saturated heterocycles. The highest BCUT2D eigenvalue weighted by Crippen LogP contribution is 2.31. The summed E-state index contributed by atoms with van der Waals surface area (Å²) < 4.78 is 37.5. The lowest BCUT2D eigenvalue weighted by molar-refractivity contribution is -0.137. The number of aliphatic hydroxyl groups excluding tert-OH is 1. The summed E-state index contributed by atoms with van der Waals surface area (Å²) in [6.45, 7) is 2.09. The first-order valence-corrected chi connectivity index (χ1v) is 6.30. The van der Waals surface area contributed by atoms with Crippen molar-refractivity contribution in [3.8, 4) is 0 Å². The third kappa shape index (κ3) is 4.69. The minimum atomic E-state index is -4.35. The van der Waals surface area contributed by atoms with Crippen LogP contribution in [0.3, 0.4) is 0 Å². The van der Waals surface area contributed by atoms with Crippen molar-refractivity contribution in [2.75, 3.05) is 0 Å². The molecule has 1 N–H and O–H groups in total. The Morgan fingerprint density at radius 1 is 1.17 bits per heavy atom. The van der Waals surface area contributed by atoms with E-state index in [9.17, 15) is 18.3 Å². The molecule has 18 heavy (non-hydrogen) atoms. The molecule has 1 unspecified atom stereocenters. The van der Waals surface area contributed by atoms with Gasteiger partial charge in [-0.15, -0.1) is 0 Å². The zero-order valence-electron chi connectivity index (χ0n) is 10.5. The van der Waals surface area contributed by atoms with Gasteiger partial charge in [-0.3, -0.25) is 0 Å². The summed E-state index contributed by atoms with van der Waals surface area (Å²) in [5, 5.41) is 9.84. The van der Waals surface area contributed by atoms with Crippen LogP contribution in [0.15, 0.2) is 24.3 Å². The fourth-order valence-electron chi connectivity index (χ4n) is 1.85. The zero-order chi connectivity index (χ0) is 13.6. The van der Waals surface area contributed by atoms with Crippen LogP contribution in [0.25, 0.3) is 0 Å². The van der Waals surface area contributed by atoms with Gasteiger partial charge in [0, 0.05) is 0 Å². The molecule has 1 aromatic rings. The number of halogens is 3. The molecule has 0 aliphatic rings. The van der Waals surface area contributed by atoms with Crippen molar-refractivity contribution in [3.05, 3.63) is 35.4 Å². The maximum atomic E-state index is 12.5. The molecule has 0 heterocycles. The van der Waals surface area contributed by atoms with Crippen molar-refractivity contribution in [1.29, 1.82) is 0 Å². The van der Waals surface area contributed by atoms with Gasteiger partial charge in [-0.05, 0) is 24.1 Å². The minimum absolute atomic E-state index is 0.348. The second-order valence-electron chi connectivity index (χ2n) is 4.49. The van der Waals surface area contributed by atoms with Gasteiger partial charge in [0.15, 0.2) is 0 Å². The van der Waals surface area contributed by atoms with E-state index in [4.69, 9.17) is 0 Å². The molecule has 0 saturated carbocycles. The van der Waals surface area contributed by atoms with Crippen LogP contribution in [-0.2, 0) is 6.18 Å². The minimum Gasteiger partial charge on any atom is -0.388 e. The first kappa shape index (κ1) is 15.0. The quantitative estimate of drug-likeness (QED) is 0.734. The largest absolute Gasteiger partial charge is 0.416 e. The molecule has 102 valence electrons. The van der Waals surface area contributed by atoms with Gasteiger partial charge in [0.05, 0.1) is 11.7 Å². The lowest BCUT2D eigenvalue weighted by Gasteiger charge is -2.13. The molecule has 0 radical (unpaired) electrons. The molecule has 0 bridgehead atoms. The predicted octanol–water partition coefficient (Wildman–Crippen LogP) is 4.71. The summed E-state index contributed by atoms with van der Waals surface area (Å²) >= 11 is 0. The SMILES string of the molecule is CCCCCCC(O)c1cccc(C(F)(F)F)c1. The van der Waals surface area contributed by atoms with Crippen molar-refractivity contribution in [2.24, 2.45) is 0 Å². The molecule has 0 spiro atoms. The van der Waals surface area contributed by atoms with E-state index < -0.39 is 17.8 Å². The molecular formula is C14H19F3O. The van der Waals surface area contributed by atoms with E-state index in [2.05, 4.69) is 6.92 Å². The van der Waals surface area contributed by atoms with E-state index in [1.54, 1.807) is 6.07 Å². The molecule has 1 rings (SSSR count). The summed E-state index contributed by atoms with van der Waals surface area (Å²) in [6.07, 6.45) is -0.601. The van der Waals surface area contributed by atoms with Gasteiger partial charge >= 0.3 is 6.18 Å². The lowest BCUT2D eigenvalue weighted by atomic mass is 10.0. The molecule has 0 aliphatic heterocycles. The molecule has 1 atom stereocenters. The van der Waals surface area contributed by atoms with Crippen LogP contribution in [0.4, 0.5) is 13.2 Å². The Labute approximate surface area is 106 Å². The van der Waals surface area contributed by atoms with Crippen LogP contribution in [0.1, 0.15) is 56.3 Å².